The summed E-state index contributed by atoms with van der Waals surface area (Å²) >= 11 is 0. The molecule has 0 aliphatic carbocycles. The second-order valence-electron chi connectivity index (χ2n) is 5.72. The van der Waals surface area contributed by atoms with Gasteiger partial charge in [0.25, 0.3) is 0 Å². The lowest BCUT2D eigenvalue weighted by Gasteiger charge is -2.24. The number of hydrogen-bond donors (Lipinski definition) is 1. The van der Waals surface area contributed by atoms with E-state index in [2.05, 4.69) is 27.7 Å². The van der Waals surface area contributed by atoms with Gasteiger partial charge >= 0.3 is 0 Å². The van der Waals surface area contributed by atoms with E-state index in [-0.39, 0.29) is 0 Å². The Labute approximate surface area is 89.9 Å². The van der Waals surface area contributed by atoms with E-state index in [0.717, 1.165) is 31.6 Å². The second kappa shape index (κ2) is 6.44. The quantitative estimate of drug-likeness (QED) is 0.658. The Morgan fingerprint density at radius 1 is 0.929 bits per heavy atom. The first-order chi connectivity index (χ1) is 6.33. The lowest BCUT2D eigenvalue weighted by molar-refractivity contribution is 0.0334. The van der Waals surface area contributed by atoms with E-state index in [4.69, 9.17) is 0 Å². The Morgan fingerprint density at radius 2 is 1.43 bits per heavy atom. The Balaban J connectivity index is 3.61. The molecular weight excluding hydrogens is 172 g/mol. The average molecular weight is 200 g/mol. The third-order valence-electron chi connectivity index (χ3n) is 2.76. The van der Waals surface area contributed by atoms with Crippen LogP contribution in [-0.2, 0) is 0 Å². The molecule has 0 saturated heterocycles. The van der Waals surface area contributed by atoms with Crippen molar-refractivity contribution in [3.05, 3.63) is 0 Å². The highest BCUT2D eigenvalue weighted by Crippen LogP contribution is 2.23. The van der Waals surface area contributed by atoms with Crippen LogP contribution in [0.1, 0.15) is 66.7 Å². The van der Waals surface area contributed by atoms with Crippen molar-refractivity contribution in [3.63, 3.8) is 0 Å². The van der Waals surface area contributed by atoms with E-state index in [1.54, 1.807) is 0 Å². The van der Waals surface area contributed by atoms with Gasteiger partial charge in [0.15, 0.2) is 0 Å². The molecule has 0 radical (unpaired) electrons. The van der Waals surface area contributed by atoms with Crippen molar-refractivity contribution in [1.29, 1.82) is 0 Å². The summed E-state index contributed by atoms with van der Waals surface area (Å²) in [4.78, 5) is 0. The van der Waals surface area contributed by atoms with Crippen molar-refractivity contribution < 1.29 is 5.11 Å². The SMILES string of the molecule is CC(C)CCCC(C)(O)CCC(C)C. The number of hydrogen-bond acceptors (Lipinski definition) is 1. The van der Waals surface area contributed by atoms with E-state index in [0.29, 0.717) is 5.92 Å². The fourth-order valence-corrected chi connectivity index (χ4v) is 1.62. The zero-order valence-electron chi connectivity index (χ0n) is 10.6. The molecule has 0 amide bonds. The molecule has 1 N–H and O–H groups in total. The van der Waals surface area contributed by atoms with Crippen LogP contribution in [-0.4, -0.2) is 10.7 Å². The molecule has 86 valence electrons. The van der Waals surface area contributed by atoms with Crippen LogP contribution in [0, 0.1) is 11.8 Å². The van der Waals surface area contributed by atoms with Gasteiger partial charge < -0.3 is 5.11 Å². The second-order valence-corrected chi connectivity index (χ2v) is 5.72. The monoisotopic (exact) mass is 200 g/mol. The Morgan fingerprint density at radius 3 is 1.86 bits per heavy atom. The molecule has 0 heterocycles. The third kappa shape index (κ3) is 8.55. The normalized spacial score (nSPS) is 16.3. The fourth-order valence-electron chi connectivity index (χ4n) is 1.62. The molecule has 0 aromatic rings. The standard InChI is InChI=1S/C13H28O/c1-11(2)7-6-9-13(5,14)10-8-12(3)4/h11-12,14H,6-10H2,1-5H3. The summed E-state index contributed by atoms with van der Waals surface area (Å²) in [6, 6.07) is 0. The molecule has 1 heteroatoms. The molecule has 0 aliphatic heterocycles. The minimum Gasteiger partial charge on any atom is -0.390 e. The van der Waals surface area contributed by atoms with Gasteiger partial charge in [-0.05, 0) is 38.0 Å². The average Bonchev–Trinajstić information content (AvgIpc) is 2.00. The van der Waals surface area contributed by atoms with Gasteiger partial charge in [-0.25, -0.2) is 0 Å². The van der Waals surface area contributed by atoms with Crippen molar-refractivity contribution in [3.8, 4) is 0 Å². The summed E-state index contributed by atoms with van der Waals surface area (Å²) in [5.74, 6) is 1.46. The summed E-state index contributed by atoms with van der Waals surface area (Å²) in [5.41, 5.74) is -0.431. The maximum atomic E-state index is 10.1. The first-order valence-corrected chi connectivity index (χ1v) is 6.06. The molecule has 0 aromatic carbocycles. The lowest BCUT2D eigenvalue weighted by Crippen LogP contribution is -2.24. The predicted octanol–water partition coefficient (Wildman–Crippen LogP) is 4.00. The van der Waals surface area contributed by atoms with Crippen LogP contribution in [0.15, 0.2) is 0 Å². The fraction of sp³-hybridized carbons (Fsp3) is 1.00. The van der Waals surface area contributed by atoms with Gasteiger partial charge in [-0.3, -0.25) is 0 Å². The van der Waals surface area contributed by atoms with Gasteiger partial charge in [0, 0.05) is 0 Å². The first-order valence-electron chi connectivity index (χ1n) is 6.06. The summed E-state index contributed by atoms with van der Waals surface area (Å²) in [5, 5.41) is 10.1. The largest absolute Gasteiger partial charge is 0.390 e. The minimum atomic E-state index is -0.431. The molecule has 0 saturated carbocycles. The van der Waals surface area contributed by atoms with E-state index in [1.807, 2.05) is 6.92 Å². The minimum absolute atomic E-state index is 0.431. The molecular formula is C13H28O. The Kier molecular flexibility index (Phi) is 6.43. The topological polar surface area (TPSA) is 20.2 Å². The van der Waals surface area contributed by atoms with Crippen molar-refractivity contribution >= 4 is 0 Å². The summed E-state index contributed by atoms with van der Waals surface area (Å²) < 4.78 is 0. The van der Waals surface area contributed by atoms with Crippen molar-refractivity contribution in [1.82, 2.24) is 0 Å². The van der Waals surface area contributed by atoms with Crippen LogP contribution in [0.25, 0.3) is 0 Å². The van der Waals surface area contributed by atoms with Crippen LogP contribution < -0.4 is 0 Å². The molecule has 1 nitrogen and oxygen atoms in total. The van der Waals surface area contributed by atoms with Crippen molar-refractivity contribution in [2.24, 2.45) is 11.8 Å². The van der Waals surface area contributed by atoms with Crippen LogP contribution in [0.4, 0.5) is 0 Å². The van der Waals surface area contributed by atoms with Crippen LogP contribution in [0.2, 0.25) is 0 Å². The Bertz CT molecular complexity index is 136. The third-order valence-corrected chi connectivity index (χ3v) is 2.76. The van der Waals surface area contributed by atoms with E-state index < -0.39 is 5.60 Å². The van der Waals surface area contributed by atoms with Gasteiger partial charge in [-0.2, -0.15) is 0 Å². The highest BCUT2D eigenvalue weighted by atomic mass is 16.3. The highest BCUT2D eigenvalue weighted by molar-refractivity contribution is 4.73. The number of rotatable bonds is 7. The summed E-state index contributed by atoms with van der Waals surface area (Å²) in [6.45, 7) is 10.9. The Hall–Kier alpha value is -0.0400. The van der Waals surface area contributed by atoms with E-state index in [1.165, 1.54) is 6.42 Å². The summed E-state index contributed by atoms with van der Waals surface area (Å²) in [7, 11) is 0. The van der Waals surface area contributed by atoms with Crippen molar-refractivity contribution in [2.45, 2.75) is 72.3 Å². The molecule has 1 atom stereocenters. The predicted molar refractivity (Wildman–Crippen MR) is 63.4 cm³/mol. The smallest absolute Gasteiger partial charge is 0.0619 e. The van der Waals surface area contributed by atoms with Gasteiger partial charge in [0.1, 0.15) is 0 Å². The molecule has 0 aliphatic rings. The van der Waals surface area contributed by atoms with Crippen LogP contribution in [0.3, 0.4) is 0 Å². The molecule has 0 bridgehead atoms. The summed E-state index contributed by atoms with van der Waals surface area (Å²) in [6.07, 6.45) is 5.43. The first kappa shape index (κ1) is 14.0. The van der Waals surface area contributed by atoms with E-state index >= 15 is 0 Å². The zero-order chi connectivity index (χ0) is 11.2. The van der Waals surface area contributed by atoms with E-state index in [9.17, 15) is 5.11 Å². The molecule has 0 rings (SSSR count). The van der Waals surface area contributed by atoms with Crippen LogP contribution >= 0.6 is 0 Å². The maximum absolute atomic E-state index is 10.1. The highest BCUT2D eigenvalue weighted by Gasteiger charge is 2.19. The van der Waals surface area contributed by atoms with Crippen molar-refractivity contribution in [2.75, 3.05) is 0 Å². The van der Waals surface area contributed by atoms with Gasteiger partial charge in [-0.1, -0.05) is 40.5 Å². The van der Waals surface area contributed by atoms with Gasteiger partial charge in [-0.15, -0.1) is 0 Å². The molecule has 14 heavy (non-hydrogen) atoms. The molecule has 0 spiro atoms. The lowest BCUT2D eigenvalue weighted by atomic mass is 9.89. The molecule has 0 fully saturated rings. The van der Waals surface area contributed by atoms with Gasteiger partial charge in [0.05, 0.1) is 5.60 Å². The zero-order valence-corrected chi connectivity index (χ0v) is 10.6. The molecule has 0 aromatic heterocycles. The number of aliphatic hydroxyl groups is 1. The van der Waals surface area contributed by atoms with Crippen LogP contribution in [0.5, 0.6) is 0 Å². The van der Waals surface area contributed by atoms with Gasteiger partial charge in [0.2, 0.25) is 0 Å². The molecule has 1 unspecified atom stereocenters. The maximum Gasteiger partial charge on any atom is 0.0619 e.